The number of rotatable bonds is 8. The molecule has 0 radical (unpaired) electrons. The van der Waals surface area contributed by atoms with Crippen LogP contribution in [0.15, 0.2) is 78.9 Å². The Balaban J connectivity index is 1.29. The molecule has 162 valence electrons. The fourth-order valence-electron chi connectivity index (χ4n) is 3.41. The molecule has 0 aliphatic carbocycles. The van der Waals surface area contributed by atoms with Crippen LogP contribution in [0.25, 0.3) is 17.1 Å². The molecule has 0 spiro atoms. The fourth-order valence-corrected chi connectivity index (χ4v) is 3.41. The van der Waals surface area contributed by atoms with Gasteiger partial charge in [0.15, 0.2) is 0 Å². The van der Waals surface area contributed by atoms with Crippen LogP contribution in [0, 0.1) is 5.82 Å². The Morgan fingerprint density at radius 3 is 2.78 bits per heavy atom. The van der Waals surface area contributed by atoms with Crippen molar-refractivity contribution < 1.29 is 13.9 Å². The molecule has 5 nitrogen and oxygen atoms in total. The zero-order valence-electron chi connectivity index (χ0n) is 17.8. The molecule has 1 amide bonds. The Morgan fingerprint density at radius 1 is 1.09 bits per heavy atom. The maximum Gasteiger partial charge on any atom is 0.244 e. The predicted octanol–water partition coefficient (Wildman–Crippen LogP) is 4.66. The molecule has 0 unspecified atom stereocenters. The number of aromatic nitrogens is 2. The first kappa shape index (κ1) is 21.3. The zero-order chi connectivity index (χ0) is 22.3. The van der Waals surface area contributed by atoms with E-state index in [1.54, 1.807) is 12.1 Å². The molecule has 0 aliphatic rings. The number of hydrogen-bond acceptors (Lipinski definition) is 3. The molecule has 0 bridgehead atoms. The van der Waals surface area contributed by atoms with E-state index in [1.807, 2.05) is 66.2 Å². The summed E-state index contributed by atoms with van der Waals surface area (Å²) in [5.74, 6) is 1.05. The number of nitrogens with one attached hydrogen (secondary N) is 1. The summed E-state index contributed by atoms with van der Waals surface area (Å²) < 4.78 is 21.1. The predicted molar refractivity (Wildman–Crippen MR) is 124 cm³/mol. The third kappa shape index (κ3) is 5.40. The lowest BCUT2D eigenvalue weighted by atomic mass is 10.2. The van der Waals surface area contributed by atoms with Gasteiger partial charge in [-0.25, -0.2) is 9.37 Å². The van der Waals surface area contributed by atoms with E-state index >= 15 is 0 Å². The van der Waals surface area contributed by atoms with Crippen molar-refractivity contribution in [2.45, 2.75) is 13.0 Å². The number of nitrogens with zero attached hydrogens (tertiary/aromatic N) is 2. The highest BCUT2D eigenvalue weighted by molar-refractivity contribution is 5.91. The molecule has 4 aromatic rings. The number of fused-ring (bicyclic) bond motifs is 1. The number of aryl methyl sites for hydroxylation is 1. The summed E-state index contributed by atoms with van der Waals surface area (Å²) in [4.78, 5) is 16.7. The van der Waals surface area contributed by atoms with Crippen molar-refractivity contribution in [3.05, 3.63) is 102 Å². The lowest BCUT2D eigenvalue weighted by Gasteiger charge is -2.07. The molecule has 1 N–H and O–H groups in total. The number of ether oxygens (including phenoxy) is 1. The zero-order valence-corrected chi connectivity index (χ0v) is 17.8. The topological polar surface area (TPSA) is 56.2 Å². The lowest BCUT2D eigenvalue weighted by molar-refractivity contribution is -0.116. The van der Waals surface area contributed by atoms with Crippen molar-refractivity contribution >= 4 is 23.0 Å². The normalized spacial score (nSPS) is 11.2. The van der Waals surface area contributed by atoms with Gasteiger partial charge in [-0.2, -0.15) is 0 Å². The van der Waals surface area contributed by atoms with Crippen molar-refractivity contribution in [3.63, 3.8) is 0 Å². The second kappa shape index (κ2) is 9.92. The van der Waals surface area contributed by atoms with Gasteiger partial charge < -0.3 is 14.6 Å². The molecule has 0 saturated carbocycles. The van der Waals surface area contributed by atoms with Crippen molar-refractivity contribution in [2.24, 2.45) is 7.05 Å². The van der Waals surface area contributed by atoms with E-state index < -0.39 is 0 Å². The third-order valence-electron chi connectivity index (χ3n) is 5.12. The van der Waals surface area contributed by atoms with E-state index in [4.69, 9.17) is 4.74 Å². The van der Waals surface area contributed by atoms with Crippen molar-refractivity contribution in [2.75, 3.05) is 6.54 Å². The van der Waals surface area contributed by atoms with Crippen LogP contribution in [0.2, 0.25) is 0 Å². The standard InChI is InChI=1S/C26H24FN3O2/c1-30-24-17-21(27)11-12-23(24)29-25(30)14-15-28-26(31)13-10-19-8-5-9-22(16-19)32-18-20-6-3-2-4-7-20/h2-13,16-17H,14-15,18H2,1H3,(H,28,31). The number of carbonyl (C=O) groups excluding carboxylic acids is 1. The summed E-state index contributed by atoms with van der Waals surface area (Å²) >= 11 is 0. The second-order valence-corrected chi connectivity index (χ2v) is 7.44. The van der Waals surface area contributed by atoms with Crippen LogP contribution in [0.1, 0.15) is 17.0 Å². The Morgan fingerprint density at radius 2 is 1.94 bits per heavy atom. The highest BCUT2D eigenvalue weighted by Gasteiger charge is 2.08. The molecule has 1 aromatic heterocycles. The van der Waals surface area contributed by atoms with Gasteiger partial charge in [0, 0.05) is 26.1 Å². The van der Waals surface area contributed by atoms with E-state index in [1.165, 1.54) is 18.2 Å². The monoisotopic (exact) mass is 429 g/mol. The number of benzene rings is 3. The molecular weight excluding hydrogens is 405 g/mol. The Bertz CT molecular complexity index is 1250. The fraction of sp³-hybridized carbons (Fsp3) is 0.154. The SMILES string of the molecule is Cn1c(CCNC(=O)C=Cc2cccc(OCc3ccccc3)c2)nc2ccc(F)cc21. The summed E-state index contributed by atoms with van der Waals surface area (Å²) in [5.41, 5.74) is 3.45. The van der Waals surface area contributed by atoms with Gasteiger partial charge in [-0.1, -0.05) is 42.5 Å². The van der Waals surface area contributed by atoms with Crippen LogP contribution in [0.4, 0.5) is 4.39 Å². The lowest BCUT2D eigenvalue weighted by Crippen LogP contribution is -2.24. The first-order valence-corrected chi connectivity index (χ1v) is 10.4. The molecule has 0 saturated heterocycles. The Hall–Kier alpha value is -3.93. The number of carbonyl (C=O) groups is 1. The summed E-state index contributed by atoms with van der Waals surface area (Å²) in [6, 6.07) is 22.1. The molecule has 6 heteroatoms. The largest absolute Gasteiger partial charge is 0.489 e. The molecule has 3 aromatic carbocycles. The first-order valence-electron chi connectivity index (χ1n) is 10.4. The van der Waals surface area contributed by atoms with Gasteiger partial charge in [-0.3, -0.25) is 4.79 Å². The summed E-state index contributed by atoms with van der Waals surface area (Å²) in [5, 5.41) is 2.86. The van der Waals surface area contributed by atoms with Gasteiger partial charge in [0.2, 0.25) is 5.91 Å². The van der Waals surface area contributed by atoms with Gasteiger partial charge in [0.1, 0.15) is 24.0 Å². The smallest absolute Gasteiger partial charge is 0.244 e. The molecule has 0 atom stereocenters. The highest BCUT2D eigenvalue weighted by atomic mass is 19.1. The van der Waals surface area contributed by atoms with E-state index in [2.05, 4.69) is 10.3 Å². The van der Waals surface area contributed by atoms with Gasteiger partial charge in [-0.15, -0.1) is 0 Å². The van der Waals surface area contributed by atoms with Crippen molar-refractivity contribution in [3.8, 4) is 5.75 Å². The van der Waals surface area contributed by atoms with Crippen LogP contribution in [-0.2, 0) is 24.9 Å². The van der Waals surface area contributed by atoms with Crippen LogP contribution in [0.5, 0.6) is 5.75 Å². The molecule has 32 heavy (non-hydrogen) atoms. The summed E-state index contributed by atoms with van der Waals surface area (Å²) in [6.45, 7) is 0.923. The highest BCUT2D eigenvalue weighted by Crippen LogP contribution is 2.17. The van der Waals surface area contributed by atoms with E-state index in [0.717, 1.165) is 33.7 Å². The van der Waals surface area contributed by atoms with Crippen LogP contribution >= 0.6 is 0 Å². The molecule has 0 fully saturated rings. The minimum absolute atomic E-state index is 0.189. The number of amides is 1. The summed E-state index contributed by atoms with van der Waals surface area (Å²) in [7, 11) is 1.85. The van der Waals surface area contributed by atoms with Gasteiger partial charge >= 0.3 is 0 Å². The van der Waals surface area contributed by atoms with Gasteiger partial charge in [-0.05, 0) is 47.5 Å². The molecule has 4 rings (SSSR count). The third-order valence-corrected chi connectivity index (χ3v) is 5.12. The quantitative estimate of drug-likeness (QED) is 0.415. The number of hydrogen-bond donors (Lipinski definition) is 1. The Labute approximate surface area is 186 Å². The van der Waals surface area contributed by atoms with Crippen molar-refractivity contribution in [1.82, 2.24) is 14.9 Å². The van der Waals surface area contributed by atoms with E-state index in [-0.39, 0.29) is 11.7 Å². The van der Waals surface area contributed by atoms with E-state index in [9.17, 15) is 9.18 Å². The van der Waals surface area contributed by atoms with Crippen molar-refractivity contribution in [1.29, 1.82) is 0 Å². The average molecular weight is 429 g/mol. The minimum atomic E-state index is -0.292. The van der Waals surface area contributed by atoms with Crippen LogP contribution in [0.3, 0.4) is 0 Å². The molecule has 1 heterocycles. The molecular formula is C26H24FN3O2. The van der Waals surface area contributed by atoms with Crippen LogP contribution < -0.4 is 10.1 Å². The first-order chi connectivity index (χ1) is 15.6. The minimum Gasteiger partial charge on any atom is -0.489 e. The number of imidazole rings is 1. The number of halogens is 1. The van der Waals surface area contributed by atoms with E-state index in [0.29, 0.717) is 19.6 Å². The Kier molecular flexibility index (Phi) is 6.60. The maximum absolute atomic E-state index is 13.4. The average Bonchev–Trinajstić information content (AvgIpc) is 3.12. The summed E-state index contributed by atoms with van der Waals surface area (Å²) in [6.07, 6.45) is 3.80. The van der Waals surface area contributed by atoms with Gasteiger partial charge in [0.25, 0.3) is 0 Å². The van der Waals surface area contributed by atoms with Gasteiger partial charge in [0.05, 0.1) is 11.0 Å². The second-order valence-electron chi connectivity index (χ2n) is 7.44. The molecule has 0 aliphatic heterocycles. The maximum atomic E-state index is 13.4. The van der Waals surface area contributed by atoms with Crippen LogP contribution in [-0.4, -0.2) is 22.0 Å².